The van der Waals surface area contributed by atoms with E-state index in [1.165, 1.54) is 50.2 Å². The molecule has 2 bridgehead atoms. The predicted molar refractivity (Wildman–Crippen MR) is 125 cm³/mol. The third kappa shape index (κ3) is 4.44. The van der Waals surface area contributed by atoms with Crippen molar-refractivity contribution >= 4 is 46.8 Å². The predicted octanol–water partition coefficient (Wildman–Crippen LogP) is 4.48. The normalized spacial score (nSPS) is 26.9. The topological polar surface area (TPSA) is 108 Å². The van der Waals surface area contributed by atoms with Crippen molar-refractivity contribution < 1.29 is 24.0 Å². The molecule has 3 fully saturated rings. The van der Waals surface area contributed by atoms with Gasteiger partial charge in [0.15, 0.2) is 6.10 Å². The quantitative estimate of drug-likeness (QED) is 0.361. The van der Waals surface area contributed by atoms with E-state index in [1.54, 1.807) is 0 Å². The van der Waals surface area contributed by atoms with Gasteiger partial charge < -0.3 is 14.8 Å². The van der Waals surface area contributed by atoms with Gasteiger partial charge in [-0.25, -0.2) is 0 Å². The van der Waals surface area contributed by atoms with Gasteiger partial charge in [0.05, 0.1) is 27.7 Å². The smallest absolute Gasteiger partial charge is 0.309 e. The number of ether oxygens (including phenoxy) is 2. The Balaban J connectivity index is 1.38. The number of thioether (sulfide) groups is 2. The number of carbonyl (C=O) groups is 2. The van der Waals surface area contributed by atoms with Crippen LogP contribution in [0, 0.1) is 27.9 Å². The molecule has 1 spiro atoms. The van der Waals surface area contributed by atoms with Crippen molar-refractivity contribution in [3.8, 4) is 5.75 Å². The fraction of sp³-hybridized carbons (Fsp3) is 0.636. The number of anilines is 1. The number of esters is 1. The molecule has 10 heteroatoms. The zero-order valence-corrected chi connectivity index (χ0v) is 19.8. The summed E-state index contributed by atoms with van der Waals surface area (Å²) in [6.07, 6.45) is 4.16. The summed E-state index contributed by atoms with van der Waals surface area (Å²) in [4.78, 5) is 36.1. The summed E-state index contributed by atoms with van der Waals surface area (Å²) in [5.41, 5.74) is -0.00454. The molecule has 174 valence electrons. The lowest BCUT2D eigenvalue weighted by Crippen LogP contribution is -2.48. The lowest BCUT2D eigenvalue weighted by atomic mass is 9.67. The number of nitrogens with zero attached hydrogens (tertiary/aromatic N) is 1. The van der Waals surface area contributed by atoms with Gasteiger partial charge in [0.1, 0.15) is 5.75 Å². The molecule has 2 saturated carbocycles. The second-order valence-corrected chi connectivity index (χ2v) is 11.6. The van der Waals surface area contributed by atoms with Gasteiger partial charge in [-0.15, -0.1) is 23.5 Å². The molecule has 1 unspecified atom stereocenters. The Labute approximate surface area is 195 Å². The number of amides is 1. The third-order valence-electron chi connectivity index (χ3n) is 6.77. The molecule has 2 aliphatic carbocycles. The summed E-state index contributed by atoms with van der Waals surface area (Å²) in [7, 11) is 1.41. The molecule has 1 aromatic rings. The standard InChI is InChI=1S/C22H28N2O6S2/c1-13(20(25)23-18-12-17(24(27)28)6-7-19(18)29-2)30-21(26)14-10-15-4-3-5-16(11-14)22(15)31-8-9-32-22/h6-7,12-16H,3-5,8-11H2,1-2H3,(H,23,25)/t13-,14?,15-,16+/m1/s1. The molecule has 32 heavy (non-hydrogen) atoms. The molecule has 1 aliphatic heterocycles. The van der Waals surface area contributed by atoms with E-state index in [0.717, 1.165) is 25.7 Å². The Morgan fingerprint density at radius 2 is 1.88 bits per heavy atom. The number of hydrogen-bond donors (Lipinski definition) is 1. The first kappa shape index (κ1) is 23.2. The average Bonchev–Trinajstić information content (AvgIpc) is 3.22. The van der Waals surface area contributed by atoms with Crippen LogP contribution < -0.4 is 10.1 Å². The van der Waals surface area contributed by atoms with Crippen LogP contribution in [0.25, 0.3) is 0 Å². The summed E-state index contributed by atoms with van der Waals surface area (Å²) in [6.45, 7) is 1.52. The van der Waals surface area contributed by atoms with Gasteiger partial charge in [0.2, 0.25) is 0 Å². The number of nitro groups is 1. The van der Waals surface area contributed by atoms with Crippen LogP contribution in [-0.4, -0.2) is 45.6 Å². The Morgan fingerprint density at radius 3 is 2.47 bits per heavy atom. The van der Waals surface area contributed by atoms with Gasteiger partial charge in [-0.1, -0.05) is 6.42 Å². The zero-order valence-electron chi connectivity index (χ0n) is 18.2. The van der Waals surface area contributed by atoms with Crippen molar-refractivity contribution in [3.63, 3.8) is 0 Å². The van der Waals surface area contributed by atoms with E-state index >= 15 is 0 Å². The molecule has 0 radical (unpaired) electrons. The van der Waals surface area contributed by atoms with Crippen LogP contribution in [0.5, 0.6) is 5.75 Å². The monoisotopic (exact) mass is 480 g/mol. The van der Waals surface area contributed by atoms with Gasteiger partial charge in [-0.05, 0) is 50.5 Å². The molecule has 4 atom stereocenters. The average molecular weight is 481 g/mol. The molecule has 1 amide bonds. The first-order chi connectivity index (χ1) is 15.3. The summed E-state index contributed by atoms with van der Waals surface area (Å²) < 4.78 is 11.0. The molecule has 3 aliphatic rings. The number of rotatable bonds is 6. The lowest BCUT2D eigenvalue weighted by molar-refractivity contribution is -0.384. The van der Waals surface area contributed by atoms with Crippen molar-refractivity contribution in [1.82, 2.24) is 0 Å². The molecule has 1 aromatic carbocycles. The van der Waals surface area contributed by atoms with Gasteiger partial charge in [0, 0.05) is 23.6 Å². The first-order valence-electron chi connectivity index (χ1n) is 11.0. The largest absolute Gasteiger partial charge is 0.495 e. The highest BCUT2D eigenvalue weighted by molar-refractivity contribution is 8.21. The molecule has 1 N–H and O–H groups in total. The van der Waals surface area contributed by atoms with Gasteiger partial charge in [0.25, 0.3) is 11.6 Å². The van der Waals surface area contributed by atoms with Crippen LogP contribution in [0.1, 0.15) is 39.0 Å². The second-order valence-electron chi connectivity index (χ2n) is 8.62. The van der Waals surface area contributed by atoms with Crippen molar-refractivity contribution in [3.05, 3.63) is 28.3 Å². The van der Waals surface area contributed by atoms with E-state index in [9.17, 15) is 19.7 Å². The van der Waals surface area contributed by atoms with Crippen LogP contribution in [0.4, 0.5) is 11.4 Å². The number of methoxy groups -OCH3 is 1. The summed E-state index contributed by atoms with van der Waals surface area (Å²) in [5.74, 6) is 2.65. The maximum absolute atomic E-state index is 12.9. The van der Waals surface area contributed by atoms with E-state index in [0.29, 0.717) is 17.6 Å². The van der Waals surface area contributed by atoms with Crippen molar-refractivity contribution in [1.29, 1.82) is 0 Å². The highest BCUT2D eigenvalue weighted by Crippen LogP contribution is 2.64. The number of carbonyl (C=O) groups excluding carboxylic acids is 2. The molecule has 0 aromatic heterocycles. The minimum absolute atomic E-state index is 0.166. The minimum Gasteiger partial charge on any atom is -0.495 e. The van der Waals surface area contributed by atoms with Gasteiger partial charge >= 0.3 is 5.97 Å². The lowest BCUT2D eigenvalue weighted by Gasteiger charge is -2.51. The molecule has 1 heterocycles. The van der Waals surface area contributed by atoms with Crippen molar-refractivity contribution in [2.45, 2.75) is 49.2 Å². The maximum Gasteiger partial charge on any atom is 0.309 e. The van der Waals surface area contributed by atoms with Gasteiger partial charge in [-0.2, -0.15) is 0 Å². The van der Waals surface area contributed by atoms with Crippen molar-refractivity contribution in [2.24, 2.45) is 17.8 Å². The van der Waals surface area contributed by atoms with Crippen LogP contribution in [-0.2, 0) is 14.3 Å². The fourth-order valence-electron chi connectivity index (χ4n) is 5.27. The SMILES string of the molecule is COc1ccc([N+](=O)[O-])cc1NC(=O)[C@@H](C)OC(=O)C1C[C@H]2CCC[C@@H](C1)C21SCCS1. The van der Waals surface area contributed by atoms with E-state index < -0.39 is 16.9 Å². The Kier molecular flexibility index (Phi) is 6.90. The van der Waals surface area contributed by atoms with E-state index in [-0.39, 0.29) is 27.3 Å². The second kappa shape index (κ2) is 9.51. The Bertz CT molecular complexity index is 888. The Hall–Kier alpha value is -1.94. The van der Waals surface area contributed by atoms with Crippen molar-refractivity contribution in [2.75, 3.05) is 23.9 Å². The van der Waals surface area contributed by atoms with Crippen LogP contribution in [0.2, 0.25) is 0 Å². The number of nitro benzene ring substituents is 1. The van der Waals surface area contributed by atoms with E-state index in [4.69, 9.17) is 9.47 Å². The molecular weight excluding hydrogens is 452 g/mol. The van der Waals surface area contributed by atoms with Crippen LogP contribution >= 0.6 is 23.5 Å². The highest BCUT2D eigenvalue weighted by atomic mass is 32.2. The van der Waals surface area contributed by atoms with Gasteiger partial charge in [-0.3, -0.25) is 19.7 Å². The highest BCUT2D eigenvalue weighted by Gasteiger charge is 2.55. The first-order valence-corrected chi connectivity index (χ1v) is 12.9. The van der Waals surface area contributed by atoms with E-state index in [2.05, 4.69) is 28.8 Å². The number of nitrogens with one attached hydrogen (secondary N) is 1. The van der Waals surface area contributed by atoms with Crippen LogP contribution in [0.15, 0.2) is 18.2 Å². The Morgan fingerprint density at radius 1 is 1.22 bits per heavy atom. The summed E-state index contributed by atoms with van der Waals surface area (Å²) in [6, 6.07) is 3.94. The summed E-state index contributed by atoms with van der Waals surface area (Å²) in [5, 5.41) is 13.6. The number of benzene rings is 1. The number of non-ortho nitro benzene ring substituents is 1. The van der Waals surface area contributed by atoms with E-state index in [1.807, 2.05) is 0 Å². The molecule has 8 nitrogen and oxygen atoms in total. The zero-order chi connectivity index (χ0) is 22.9. The van der Waals surface area contributed by atoms with Crippen LogP contribution in [0.3, 0.4) is 0 Å². The fourth-order valence-corrected chi connectivity index (χ4v) is 9.20. The molecule has 4 rings (SSSR count). The number of hydrogen-bond acceptors (Lipinski definition) is 8. The molecular formula is C22H28N2O6S2. The minimum atomic E-state index is -1.02. The summed E-state index contributed by atoms with van der Waals surface area (Å²) >= 11 is 4.17. The third-order valence-corrected chi connectivity index (χ3v) is 10.8. The molecule has 1 saturated heterocycles. The maximum atomic E-state index is 12.9.